The van der Waals surface area contributed by atoms with Crippen LogP contribution in [0.3, 0.4) is 0 Å². The monoisotopic (exact) mass is 925 g/mol. The van der Waals surface area contributed by atoms with Gasteiger partial charge in [0, 0.05) is 60.0 Å². The third-order valence-corrected chi connectivity index (χ3v) is 10.8. The van der Waals surface area contributed by atoms with Crippen LogP contribution in [0.5, 0.6) is 5.75 Å². The van der Waals surface area contributed by atoms with Crippen LogP contribution in [0.15, 0.2) is 192 Å². The number of para-hydroxylation sites is 3. The Kier molecular flexibility index (Phi) is 8.81. The van der Waals surface area contributed by atoms with Crippen LogP contribution in [0, 0.1) is 6.07 Å². The van der Waals surface area contributed by atoms with Gasteiger partial charge in [-0.05, 0) is 40.4 Å². The molecule has 0 spiro atoms. The number of fused-ring (bicyclic) bond motifs is 5. The third kappa shape index (κ3) is 5.82. The number of imidazole rings is 1. The number of hydrogen-bond donors (Lipinski definition) is 1. The number of furan rings is 1. The molecule has 0 aliphatic heterocycles. The van der Waals surface area contributed by atoms with Crippen molar-refractivity contribution >= 4 is 43.7 Å². The Morgan fingerprint density at radius 1 is 0.517 bits per heavy atom. The predicted octanol–water partition coefficient (Wildman–Crippen LogP) is 13.3. The summed E-state index contributed by atoms with van der Waals surface area (Å²) in [5, 5.41) is 16.0. The Hall–Kier alpha value is -7.07. The summed E-state index contributed by atoms with van der Waals surface area (Å²) < 4.78 is 8.45. The van der Waals surface area contributed by atoms with Crippen molar-refractivity contribution in [2.24, 2.45) is 0 Å². The molecule has 278 valence electrons. The van der Waals surface area contributed by atoms with Gasteiger partial charge in [0.25, 0.3) is 0 Å². The van der Waals surface area contributed by atoms with Gasteiger partial charge in [-0.2, -0.15) is 0 Å². The average molecular weight is 926 g/mol. The number of hydrogen-bond acceptors (Lipinski definition) is 4. The van der Waals surface area contributed by atoms with Crippen molar-refractivity contribution in [3.8, 4) is 67.6 Å². The Morgan fingerprint density at radius 3 is 1.91 bits per heavy atom. The first-order valence-electron chi connectivity index (χ1n) is 19.0. The van der Waals surface area contributed by atoms with Gasteiger partial charge in [-0.3, -0.25) is 9.55 Å². The fraction of sp³-hybridized carbons (Fsp3) is 0. The topological polar surface area (TPSA) is 64.1 Å². The van der Waals surface area contributed by atoms with Crippen molar-refractivity contribution in [3.05, 3.63) is 194 Å². The first-order chi connectivity index (χ1) is 28.2. The van der Waals surface area contributed by atoms with Crippen LogP contribution in [0.2, 0.25) is 0 Å². The van der Waals surface area contributed by atoms with E-state index in [-0.39, 0.29) is 26.8 Å². The molecular weight excluding hydrogens is 894 g/mol. The van der Waals surface area contributed by atoms with Crippen molar-refractivity contribution in [2.45, 2.75) is 0 Å². The summed E-state index contributed by atoms with van der Waals surface area (Å²) in [4.78, 5) is 10.9. The maximum Gasteiger partial charge on any atom is 0.149 e. The Labute approximate surface area is 348 Å². The molecule has 0 amide bonds. The molecule has 0 saturated heterocycles. The van der Waals surface area contributed by atoms with Crippen molar-refractivity contribution in [1.29, 1.82) is 0 Å². The van der Waals surface area contributed by atoms with E-state index in [4.69, 9.17) is 14.4 Å². The zero-order valence-corrected chi connectivity index (χ0v) is 33.2. The molecule has 3 aromatic heterocycles. The molecule has 3 heterocycles. The number of pyridine rings is 1. The van der Waals surface area contributed by atoms with Crippen molar-refractivity contribution in [2.75, 3.05) is 0 Å². The van der Waals surface area contributed by atoms with Gasteiger partial charge in [-0.1, -0.05) is 140 Å². The number of aromatic hydroxyl groups is 1. The molecule has 8 aromatic carbocycles. The SMILES string of the molecule is Oc1cc2oc3ccccc3c2cc1-c1nc2c(-c3nc(-c4[c-]cccc4)cc4ccccc34)cccc2n1-c1c(-c2ccccc2)cccc1-c1ccccc1.[Pt]. The number of nitrogens with zero attached hydrogens (tertiary/aromatic N) is 3. The van der Waals surface area contributed by atoms with Gasteiger partial charge in [0.1, 0.15) is 22.7 Å². The van der Waals surface area contributed by atoms with E-state index in [0.717, 1.165) is 88.6 Å². The molecule has 0 atom stereocenters. The third-order valence-electron chi connectivity index (χ3n) is 10.8. The summed E-state index contributed by atoms with van der Waals surface area (Å²) in [6, 6.07) is 67.1. The first-order valence-corrected chi connectivity index (χ1v) is 19.0. The number of rotatable bonds is 6. The fourth-order valence-corrected chi connectivity index (χ4v) is 8.22. The molecular formula is C52H32N3O2Pt-. The minimum atomic E-state index is 0. The van der Waals surface area contributed by atoms with E-state index in [9.17, 15) is 5.11 Å². The number of benzene rings is 8. The molecule has 0 unspecified atom stereocenters. The molecule has 11 aromatic rings. The quantitative estimate of drug-likeness (QED) is 0.169. The molecule has 1 N–H and O–H groups in total. The molecule has 0 saturated carbocycles. The summed E-state index contributed by atoms with van der Waals surface area (Å²) in [5.41, 5.74) is 12.2. The summed E-state index contributed by atoms with van der Waals surface area (Å²) in [6.07, 6.45) is 0. The average Bonchev–Trinajstić information content (AvgIpc) is 3.84. The van der Waals surface area contributed by atoms with Crippen LogP contribution >= 0.6 is 0 Å². The summed E-state index contributed by atoms with van der Waals surface area (Å²) in [6.45, 7) is 0. The van der Waals surface area contributed by atoms with E-state index in [1.807, 2.05) is 60.7 Å². The largest absolute Gasteiger partial charge is 0.507 e. The zero-order valence-electron chi connectivity index (χ0n) is 30.9. The molecule has 0 aliphatic carbocycles. The van der Waals surface area contributed by atoms with E-state index >= 15 is 0 Å². The molecule has 11 rings (SSSR count). The molecule has 0 bridgehead atoms. The smallest absolute Gasteiger partial charge is 0.149 e. The van der Waals surface area contributed by atoms with Gasteiger partial charge in [-0.15, -0.1) is 35.9 Å². The van der Waals surface area contributed by atoms with Gasteiger partial charge in [0.05, 0.1) is 28.0 Å². The maximum absolute atomic E-state index is 12.0. The number of aromatic nitrogens is 3. The minimum absolute atomic E-state index is 0. The predicted molar refractivity (Wildman–Crippen MR) is 231 cm³/mol. The molecule has 6 heteroatoms. The van der Waals surface area contributed by atoms with E-state index in [2.05, 4.69) is 132 Å². The van der Waals surface area contributed by atoms with Crippen molar-refractivity contribution in [3.63, 3.8) is 0 Å². The molecule has 0 radical (unpaired) electrons. The summed E-state index contributed by atoms with van der Waals surface area (Å²) in [5.74, 6) is 0.669. The summed E-state index contributed by atoms with van der Waals surface area (Å²) >= 11 is 0. The van der Waals surface area contributed by atoms with Crippen molar-refractivity contribution in [1.82, 2.24) is 14.5 Å². The molecule has 58 heavy (non-hydrogen) atoms. The van der Waals surface area contributed by atoms with Gasteiger partial charge < -0.3 is 9.52 Å². The second kappa shape index (κ2) is 14.5. The first kappa shape index (κ1) is 35.3. The number of phenolic OH excluding ortho intramolecular Hbond substituents is 1. The fourth-order valence-electron chi connectivity index (χ4n) is 8.22. The van der Waals surface area contributed by atoms with E-state index < -0.39 is 0 Å². The molecule has 0 aliphatic rings. The van der Waals surface area contributed by atoms with Gasteiger partial charge >= 0.3 is 0 Å². The van der Waals surface area contributed by atoms with Crippen LogP contribution in [-0.4, -0.2) is 19.6 Å². The van der Waals surface area contributed by atoms with Crippen LogP contribution < -0.4 is 0 Å². The van der Waals surface area contributed by atoms with E-state index in [0.29, 0.717) is 17.0 Å². The van der Waals surface area contributed by atoms with Crippen LogP contribution in [0.25, 0.3) is 106 Å². The van der Waals surface area contributed by atoms with Crippen molar-refractivity contribution < 1.29 is 30.6 Å². The van der Waals surface area contributed by atoms with Crippen LogP contribution in [0.1, 0.15) is 0 Å². The normalized spacial score (nSPS) is 11.4. The second-order valence-corrected chi connectivity index (χ2v) is 14.2. The molecule has 5 nitrogen and oxygen atoms in total. The number of phenols is 1. The van der Waals surface area contributed by atoms with Gasteiger partial charge in [0.15, 0.2) is 0 Å². The Bertz CT molecular complexity index is 3240. The van der Waals surface area contributed by atoms with Crippen LogP contribution in [0.4, 0.5) is 0 Å². The van der Waals surface area contributed by atoms with Crippen LogP contribution in [-0.2, 0) is 21.1 Å². The standard InChI is InChI=1S/C52H32N3O2.Pt/c56-46-32-48-42(40-24-12-13-29-47(40)57-48)31-43(46)52-54-50-41(49-37-23-11-10-22-36(37)30-44(53-49)35-20-8-3-9-21-35)27-15-28-45(50)55(52)51-38(33-16-4-1-5-17-33)25-14-26-39(51)34-18-6-2-7-19-34;/h1-20,22-32,56H;/q-1;. The van der Waals surface area contributed by atoms with Gasteiger partial charge in [0.2, 0.25) is 0 Å². The second-order valence-electron chi connectivity index (χ2n) is 14.2. The minimum Gasteiger partial charge on any atom is -0.507 e. The van der Waals surface area contributed by atoms with E-state index in [1.54, 1.807) is 6.07 Å². The Morgan fingerprint density at radius 2 is 1.17 bits per heavy atom. The van der Waals surface area contributed by atoms with E-state index in [1.165, 1.54) is 0 Å². The van der Waals surface area contributed by atoms with Gasteiger partial charge in [-0.25, -0.2) is 4.98 Å². The zero-order chi connectivity index (χ0) is 37.9. The maximum atomic E-state index is 12.0. The Balaban J connectivity index is 0.00000408. The summed E-state index contributed by atoms with van der Waals surface area (Å²) in [7, 11) is 0. The molecule has 0 fully saturated rings.